The van der Waals surface area contributed by atoms with Crippen LogP contribution in [0.1, 0.15) is 41.0 Å². The predicted octanol–water partition coefficient (Wildman–Crippen LogP) is 4.94. The van der Waals surface area contributed by atoms with Crippen LogP contribution >= 0.6 is 23.1 Å². The first-order valence-corrected chi connectivity index (χ1v) is 10.6. The van der Waals surface area contributed by atoms with Gasteiger partial charge < -0.3 is 14.9 Å². The van der Waals surface area contributed by atoms with Gasteiger partial charge in [0.1, 0.15) is 0 Å². The monoisotopic (exact) mass is 409 g/mol. The number of anilines is 1. The van der Waals surface area contributed by atoms with Crippen LogP contribution in [0, 0.1) is 0 Å². The molecule has 0 fully saturated rings. The SMILES string of the molecule is COC(C)(C)CCSc1nc2ccc(NC(=O)C(C)ON=C(C)C)cc2s1. The fraction of sp³-hybridized carbons (Fsp3) is 0.526. The van der Waals surface area contributed by atoms with Crippen molar-refractivity contribution < 1.29 is 14.4 Å². The van der Waals surface area contributed by atoms with E-state index in [0.717, 1.165) is 38.1 Å². The number of carbonyl (C=O) groups excluding carboxylic acids is 1. The average Bonchev–Trinajstić information content (AvgIpc) is 3.01. The van der Waals surface area contributed by atoms with Crippen molar-refractivity contribution in [2.45, 2.75) is 57.1 Å². The van der Waals surface area contributed by atoms with Crippen LogP contribution in [-0.4, -0.2) is 41.2 Å². The number of amides is 1. The molecular weight excluding hydrogens is 382 g/mol. The van der Waals surface area contributed by atoms with Crippen molar-refractivity contribution in [2.24, 2.45) is 5.16 Å². The highest BCUT2D eigenvalue weighted by Gasteiger charge is 2.17. The van der Waals surface area contributed by atoms with Gasteiger partial charge in [-0.2, -0.15) is 0 Å². The molecule has 0 bridgehead atoms. The number of hydrogen-bond donors (Lipinski definition) is 1. The van der Waals surface area contributed by atoms with Gasteiger partial charge in [-0.1, -0.05) is 16.9 Å². The molecule has 0 saturated carbocycles. The number of oxime groups is 1. The molecule has 1 N–H and O–H groups in total. The third kappa shape index (κ3) is 6.79. The zero-order chi connectivity index (χ0) is 20.0. The lowest BCUT2D eigenvalue weighted by Gasteiger charge is -2.21. The number of benzene rings is 1. The predicted molar refractivity (Wildman–Crippen MR) is 114 cm³/mol. The number of nitrogens with one attached hydrogen (secondary N) is 1. The number of thiazole rings is 1. The minimum Gasteiger partial charge on any atom is -0.383 e. The highest BCUT2D eigenvalue weighted by Crippen LogP contribution is 2.32. The Morgan fingerprint density at radius 2 is 2.15 bits per heavy atom. The van der Waals surface area contributed by atoms with E-state index in [2.05, 4.69) is 29.3 Å². The number of ether oxygens (including phenoxy) is 1. The molecule has 0 spiro atoms. The molecule has 0 radical (unpaired) electrons. The highest BCUT2D eigenvalue weighted by atomic mass is 32.2. The van der Waals surface area contributed by atoms with Crippen molar-refractivity contribution in [3.05, 3.63) is 18.2 Å². The van der Waals surface area contributed by atoms with E-state index in [4.69, 9.17) is 9.57 Å². The van der Waals surface area contributed by atoms with Gasteiger partial charge in [0.05, 0.1) is 21.5 Å². The summed E-state index contributed by atoms with van der Waals surface area (Å²) >= 11 is 3.35. The van der Waals surface area contributed by atoms with Crippen LogP contribution < -0.4 is 5.32 Å². The van der Waals surface area contributed by atoms with Gasteiger partial charge in [-0.15, -0.1) is 11.3 Å². The lowest BCUT2D eigenvalue weighted by Crippen LogP contribution is -2.26. The van der Waals surface area contributed by atoms with E-state index in [1.54, 1.807) is 37.1 Å². The topological polar surface area (TPSA) is 72.8 Å². The van der Waals surface area contributed by atoms with E-state index in [-0.39, 0.29) is 11.5 Å². The number of carbonyl (C=O) groups is 1. The zero-order valence-corrected chi connectivity index (χ0v) is 18.3. The van der Waals surface area contributed by atoms with Crippen LogP contribution in [0.15, 0.2) is 27.7 Å². The van der Waals surface area contributed by atoms with Crippen LogP contribution in [0.5, 0.6) is 0 Å². The smallest absolute Gasteiger partial charge is 0.267 e. The van der Waals surface area contributed by atoms with Crippen molar-refractivity contribution in [1.29, 1.82) is 0 Å². The molecule has 27 heavy (non-hydrogen) atoms. The first kappa shape index (κ1) is 21.7. The molecule has 0 saturated heterocycles. The number of methoxy groups -OCH3 is 1. The molecule has 1 heterocycles. The number of nitrogens with zero attached hydrogens (tertiary/aromatic N) is 2. The molecule has 1 atom stereocenters. The Morgan fingerprint density at radius 3 is 2.81 bits per heavy atom. The third-order valence-corrected chi connectivity index (χ3v) is 6.04. The molecule has 0 aliphatic carbocycles. The largest absolute Gasteiger partial charge is 0.383 e. The molecule has 2 aromatic rings. The summed E-state index contributed by atoms with van der Waals surface area (Å²) in [5, 5.41) is 6.69. The standard InChI is InChI=1S/C19H27N3O3S2/c1-12(2)22-25-13(3)17(23)20-14-7-8-15-16(11-14)27-18(21-15)26-10-9-19(4,5)24-6/h7-8,11,13H,9-10H2,1-6H3,(H,20,23). The molecule has 6 nitrogen and oxygen atoms in total. The molecule has 1 aromatic heterocycles. The van der Waals surface area contributed by atoms with E-state index in [0.29, 0.717) is 0 Å². The molecule has 1 unspecified atom stereocenters. The van der Waals surface area contributed by atoms with Crippen LogP contribution in [0.3, 0.4) is 0 Å². The fourth-order valence-electron chi connectivity index (χ4n) is 2.01. The summed E-state index contributed by atoms with van der Waals surface area (Å²) in [6.45, 7) is 9.46. The number of thioether (sulfide) groups is 1. The maximum Gasteiger partial charge on any atom is 0.267 e. The Kier molecular flexibility index (Phi) is 7.64. The minimum absolute atomic E-state index is 0.125. The quantitative estimate of drug-likeness (QED) is 0.361. The molecule has 0 aliphatic heterocycles. The Labute approximate surface area is 168 Å². The van der Waals surface area contributed by atoms with Gasteiger partial charge in [0.15, 0.2) is 4.34 Å². The Bertz CT molecular complexity index is 814. The lowest BCUT2D eigenvalue weighted by molar-refractivity contribution is -0.126. The van der Waals surface area contributed by atoms with Gasteiger partial charge in [-0.25, -0.2) is 4.98 Å². The normalized spacial score (nSPS) is 12.7. The summed E-state index contributed by atoms with van der Waals surface area (Å²) in [6, 6.07) is 5.71. The molecule has 1 aromatic carbocycles. The molecule has 2 rings (SSSR count). The van der Waals surface area contributed by atoms with Gasteiger partial charge in [-0.05, 0) is 59.2 Å². The lowest BCUT2D eigenvalue weighted by atomic mass is 10.1. The van der Waals surface area contributed by atoms with Crippen molar-refractivity contribution in [1.82, 2.24) is 4.98 Å². The van der Waals surface area contributed by atoms with Gasteiger partial charge in [0, 0.05) is 18.6 Å². The van der Waals surface area contributed by atoms with Crippen LogP contribution in [0.25, 0.3) is 10.2 Å². The first-order valence-electron chi connectivity index (χ1n) is 8.76. The molecule has 148 valence electrons. The van der Waals surface area contributed by atoms with E-state index < -0.39 is 6.10 Å². The zero-order valence-electron chi connectivity index (χ0n) is 16.7. The summed E-state index contributed by atoms with van der Waals surface area (Å²) in [4.78, 5) is 22.0. The maximum absolute atomic E-state index is 12.2. The summed E-state index contributed by atoms with van der Waals surface area (Å²) in [5.41, 5.74) is 2.29. The molecular formula is C19H27N3O3S2. The van der Waals surface area contributed by atoms with E-state index in [1.165, 1.54) is 0 Å². The summed E-state index contributed by atoms with van der Waals surface area (Å²) < 4.78 is 7.51. The molecule has 1 amide bonds. The second kappa shape index (κ2) is 9.52. The first-order chi connectivity index (χ1) is 12.7. The van der Waals surface area contributed by atoms with Gasteiger partial charge in [0.25, 0.3) is 5.91 Å². The van der Waals surface area contributed by atoms with Crippen molar-refractivity contribution in [2.75, 3.05) is 18.2 Å². The van der Waals surface area contributed by atoms with Gasteiger partial charge in [0.2, 0.25) is 6.10 Å². The second-order valence-electron chi connectivity index (χ2n) is 7.00. The van der Waals surface area contributed by atoms with Crippen molar-refractivity contribution >= 4 is 50.6 Å². The van der Waals surface area contributed by atoms with E-state index in [9.17, 15) is 4.79 Å². The average molecular weight is 410 g/mol. The van der Waals surface area contributed by atoms with Crippen molar-refractivity contribution in [3.8, 4) is 0 Å². The number of aromatic nitrogens is 1. The van der Waals surface area contributed by atoms with Gasteiger partial charge >= 0.3 is 0 Å². The number of fused-ring (bicyclic) bond motifs is 1. The Balaban J connectivity index is 1.98. The fourth-order valence-corrected chi connectivity index (χ4v) is 4.43. The van der Waals surface area contributed by atoms with E-state index >= 15 is 0 Å². The van der Waals surface area contributed by atoms with Crippen LogP contribution in [-0.2, 0) is 14.4 Å². The van der Waals surface area contributed by atoms with Crippen molar-refractivity contribution in [3.63, 3.8) is 0 Å². The highest BCUT2D eigenvalue weighted by molar-refractivity contribution is 8.01. The second-order valence-corrected chi connectivity index (χ2v) is 9.37. The molecule has 8 heteroatoms. The Morgan fingerprint density at radius 1 is 1.41 bits per heavy atom. The summed E-state index contributed by atoms with van der Waals surface area (Å²) in [6.07, 6.45) is 0.288. The summed E-state index contributed by atoms with van der Waals surface area (Å²) in [7, 11) is 1.74. The van der Waals surface area contributed by atoms with Gasteiger partial charge in [-0.3, -0.25) is 4.79 Å². The number of hydrogen-bond acceptors (Lipinski definition) is 7. The van der Waals surface area contributed by atoms with E-state index in [1.807, 2.05) is 32.0 Å². The third-order valence-electron chi connectivity index (χ3n) is 3.88. The maximum atomic E-state index is 12.2. The summed E-state index contributed by atoms with van der Waals surface area (Å²) in [5.74, 6) is 0.705. The molecule has 0 aliphatic rings. The van der Waals surface area contributed by atoms with Crippen LogP contribution in [0.4, 0.5) is 5.69 Å². The minimum atomic E-state index is -0.660. The van der Waals surface area contributed by atoms with Crippen LogP contribution in [0.2, 0.25) is 0 Å². The Hall–Kier alpha value is -1.64. The number of rotatable bonds is 9.